The first-order valence-electron chi connectivity index (χ1n) is 7.48. The molecule has 1 rings (SSSR count). The number of carbonyl (C=O) groups excluding carboxylic acids is 3. The van der Waals surface area contributed by atoms with E-state index in [4.69, 9.17) is 16.2 Å². The Morgan fingerprint density at radius 2 is 1.83 bits per heavy atom. The Morgan fingerprint density at radius 3 is 2.38 bits per heavy atom. The lowest BCUT2D eigenvalue weighted by Gasteiger charge is -2.17. The number of halogens is 1. The zero-order chi connectivity index (χ0) is 17.2. The largest absolute Gasteiger partial charge is 0.461 e. The van der Waals surface area contributed by atoms with Crippen molar-refractivity contribution in [2.75, 3.05) is 0 Å². The molecule has 134 valence electrons. The summed E-state index contributed by atoms with van der Waals surface area (Å²) in [6.45, 7) is 1.92. The van der Waals surface area contributed by atoms with E-state index in [1.165, 1.54) is 0 Å². The van der Waals surface area contributed by atoms with Crippen LogP contribution in [0.25, 0.3) is 0 Å². The highest BCUT2D eigenvalue weighted by atomic mass is 35.5. The highest BCUT2D eigenvalue weighted by Crippen LogP contribution is 2.05. The Morgan fingerprint density at radius 1 is 1.21 bits per heavy atom. The maximum atomic E-state index is 11.7. The minimum Gasteiger partial charge on any atom is -0.461 e. The number of benzene rings is 1. The number of amides is 2. The Bertz CT molecular complexity index is 539. The standard InChI is InChI=1S/C16H23N3O4.ClH/c1-2-12(17)16(22)19-13(15(18)21)8-9-14(20)23-10-11-6-4-3-5-7-11;/h3-7,12-13H,2,8-10,17H2,1H3,(H2,18,21)(H,19,22);1H/t12?,13-;/m1./s1. The fourth-order valence-electron chi connectivity index (χ4n) is 1.82. The fourth-order valence-corrected chi connectivity index (χ4v) is 1.82. The number of ether oxygens (including phenoxy) is 1. The average molecular weight is 358 g/mol. The van der Waals surface area contributed by atoms with Crippen molar-refractivity contribution >= 4 is 30.2 Å². The SMILES string of the molecule is CCC(N)C(=O)N[C@H](CCC(=O)OCc1ccccc1)C(N)=O.Cl. The third kappa shape index (κ3) is 7.94. The number of hydrogen-bond acceptors (Lipinski definition) is 5. The molecule has 0 spiro atoms. The summed E-state index contributed by atoms with van der Waals surface area (Å²) in [5, 5.41) is 2.45. The van der Waals surface area contributed by atoms with Crippen LogP contribution in [-0.4, -0.2) is 29.9 Å². The molecule has 0 radical (unpaired) electrons. The third-order valence-electron chi connectivity index (χ3n) is 3.32. The summed E-state index contributed by atoms with van der Waals surface area (Å²) in [4.78, 5) is 34.7. The van der Waals surface area contributed by atoms with Crippen molar-refractivity contribution in [2.24, 2.45) is 11.5 Å². The van der Waals surface area contributed by atoms with Crippen molar-refractivity contribution in [2.45, 2.75) is 44.9 Å². The van der Waals surface area contributed by atoms with Gasteiger partial charge in [-0.2, -0.15) is 0 Å². The van der Waals surface area contributed by atoms with Gasteiger partial charge in [0.2, 0.25) is 11.8 Å². The lowest BCUT2D eigenvalue weighted by atomic mass is 10.1. The molecule has 0 aliphatic heterocycles. The first kappa shape index (κ1) is 21.9. The van der Waals surface area contributed by atoms with E-state index >= 15 is 0 Å². The van der Waals surface area contributed by atoms with E-state index in [-0.39, 0.29) is 31.9 Å². The highest BCUT2D eigenvalue weighted by molar-refractivity contribution is 5.89. The monoisotopic (exact) mass is 357 g/mol. The van der Waals surface area contributed by atoms with E-state index in [0.29, 0.717) is 6.42 Å². The molecule has 0 saturated carbocycles. The van der Waals surface area contributed by atoms with E-state index in [9.17, 15) is 14.4 Å². The molecule has 1 aromatic rings. The van der Waals surface area contributed by atoms with E-state index in [0.717, 1.165) is 5.56 Å². The number of hydrogen-bond donors (Lipinski definition) is 3. The molecule has 5 N–H and O–H groups in total. The second-order valence-electron chi connectivity index (χ2n) is 5.16. The first-order valence-corrected chi connectivity index (χ1v) is 7.48. The third-order valence-corrected chi connectivity index (χ3v) is 3.32. The second-order valence-corrected chi connectivity index (χ2v) is 5.16. The molecule has 7 nitrogen and oxygen atoms in total. The van der Waals surface area contributed by atoms with Gasteiger partial charge < -0.3 is 21.5 Å². The maximum Gasteiger partial charge on any atom is 0.306 e. The summed E-state index contributed by atoms with van der Waals surface area (Å²) in [7, 11) is 0. The summed E-state index contributed by atoms with van der Waals surface area (Å²) in [6, 6.07) is 7.59. The number of primary amides is 1. The molecule has 0 fully saturated rings. The molecule has 24 heavy (non-hydrogen) atoms. The maximum absolute atomic E-state index is 11.7. The Hall–Kier alpha value is -2.12. The number of nitrogens with two attached hydrogens (primary N) is 2. The van der Waals surface area contributed by atoms with Gasteiger partial charge in [-0.25, -0.2) is 0 Å². The molecule has 0 aromatic heterocycles. The van der Waals surface area contributed by atoms with Crippen molar-refractivity contribution in [3.63, 3.8) is 0 Å². The van der Waals surface area contributed by atoms with Crippen LogP contribution in [0.2, 0.25) is 0 Å². The number of rotatable bonds is 9. The van der Waals surface area contributed by atoms with Crippen LogP contribution in [0.1, 0.15) is 31.7 Å². The van der Waals surface area contributed by atoms with Crippen LogP contribution >= 0.6 is 12.4 Å². The van der Waals surface area contributed by atoms with Crippen molar-refractivity contribution in [3.8, 4) is 0 Å². The lowest BCUT2D eigenvalue weighted by Crippen LogP contribution is -2.50. The summed E-state index contributed by atoms with van der Waals surface area (Å²) in [5.41, 5.74) is 11.7. The van der Waals surface area contributed by atoms with Crippen LogP contribution in [0, 0.1) is 0 Å². The van der Waals surface area contributed by atoms with Gasteiger partial charge in [-0.15, -0.1) is 12.4 Å². The second kappa shape index (κ2) is 11.4. The Labute approximate surface area is 147 Å². The highest BCUT2D eigenvalue weighted by Gasteiger charge is 2.22. The summed E-state index contributed by atoms with van der Waals surface area (Å²) in [6.07, 6.45) is 0.490. The smallest absolute Gasteiger partial charge is 0.306 e. The molecule has 1 aromatic carbocycles. The topological polar surface area (TPSA) is 125 Å². The van der Waals surface area contributed by atoms with Crippen LogP contribution in [0.4, 0.5) is 0 Å². The molecule has 0 aliphatic carbocycles. The van der Waals surface area contributed by atoms with E-state index in [2.05, 4.69) is 5.32 Å². The molecule has 0 bridgehead atoms. The van der Waals surface area contributed by atoms with Crippen LogP contribution in [0.5, 0.6) is 0 Å². The Balaban J connectivity index is 0.00000529. The molecular formula is C16H24ClN3O4. The van der Waals surface area contributed by atoms with E-state index < -0.39 is 29.9 Å². The molecular weight excluding hydrogens is 334 g/mol. The molecule has 1 unspecified atom stereocenters. The van der Waals surface area contributed by atoms with E-state index in [1.807, 2.05) is 30.3 Å². The molecule has 0 saturated heterocycles. The lowest BCUT2D eigenvalue weighted by molar-refractivity contribution is -0.145. The average Bonchev–Trinajstić information content (AvgIpc) is 2.56. The van der Waals surface area contributed by atoms with Gasteiger partial charge in [0.25, 0.3) is 0 Å². The quantitative estimate of drug-likeness (QED) is 0.559. The fraction of sp³-hybridized carbons (Fsp3) is 0.438. The van der Waals surface area contributed by atoms with Crippen LogP contribution in [0.15, 0.2) is 30.3 Å². The zero-order valence-electron chi connectivity index (χ0n) is 13.6. The molecule has 0 heterocycles. The number of carbonyl (C=O) groups is 3. The van der Waals surface area contributed by atoms with Gasteiger partial charge in [-0.1, -0.05) is 37.3 Å². The minimum atomic E-state index is -0.940. The zero-order valence-corrected chi connectivity index (χ0v) is 14.4. The van der Waals surface area contributed by atoms with Crippen LogP contribution in [-0.2, 0) is 25.7 Å². The number of esters is 1. The van der Waals surface area contributed by atoms with Gasteiger partial charge in [0.1, 0.15) is 12.6 Å². The molecule has 2 atom stereocenters. The summed E-state index contributed by atoms with van der Waals surface area (Å²) < 4.78 is 5.10. The molecule has 2 amide bonds. The van der Waals surface area contributed by atoms with Gasteiger partial charge in [0.05, 0.1) is 6.04 Å². The van der Waals surface area contributed by atoms with Crippen molar-refractivity contribution in [3.05, 3.63) is 35.9 Å². The minimum absolute atomic E-state index is 0. The van der Waals surface area contributed by atoms with Gasteiger partial charge in [0.15, 0.2) is 0 Å². The van der Waals surface area contributed by atoms with Crippen LogP contribution < -0.4 is 16.8 Å². The number of nitrogens with one attached hydrogen (secondary N) is 1. The predicted molar refractivity (Wildman–Crippen MR) is 92.1 cm³/mol. The first-order chi connectivity index (χ1) is 10.9. The van der Waals surface area contributed by atoms with Crippen molar-refractivity contribution in [1.82, 2.24) is 5.32 Å². The van der Waals surface area contributed by atoms with Crippen molar-refractivity contribution < 1.29 is 19.1 Å². The van der Waals surface area contributed by atoms with Crippen molar-refractivity contribution in [1.29, 1.82) is 0 Å². The van der Waals surface area contributed by atoms with E-state index in [1.54, 1.807) is 6.92 Å². The van der Waals surface area contributed by atoms with Gasteiger partial charge in [-0.3, -0.25) is 14.4 Å². The van der Waals surface area contributed by atoms with Gasteiger partial charge >= 0.3 is 5.97 Å². The summed E-state index contributed by atoms with van der Waals surface area (Å²) >= 11 is 0. The van der Waals surface area contributed by atoms with Gasteiger partial charge in [-0.05, 0) is 18.4 Å². The normalized spacial score (nSPS) is 12.4. The van der Waals surface area contributed by atoms with Crippen LogP contribution in [0.3, 0.4) is 0 Å². The summed E-state index contributed by atoms with van der Waals surface area (Å²) in [5.74, 6) is -1.64. The predicted octanol–water partition coefficient (Wildman–Crippen LogP) is 0.639. The molecule has 0 aliphatic rings. The Kier molecular flexibility index (Phi) is 10.4. The molecule has 8 heteroatoms. The van der Waals surface area contributed by atoms with Gasteiger partial charge in [0, 0.05) is 6.42 Å².